The number of methoxy groups -OCH3 is 1. The lowest BCUT2D eigenvalue weighted by Gasteiger charge is -2.10. The lowest BCUT2D eigenvalue weighted by Crippen LogP contribution is -2.14. The van der Waals surface area contributed by atoms with Crippen molar-refractivity contribution < 1.29 is 22.7 Å². The summed E-state index contributed by atoms with van der Waals surface area (Å²) in [6, 6.07) is 9.00. The van der Waals surface area contributed by atoms with Gasteiger partial charge >= 0.3 is 0 Å². The van der Waals surface area contributed by atoms with E-state index in [0.29, 0.717) is 0 Å². The highest BCUT2D eigenvalue weighted by Crippen LogP contribution is 2.29. The maximum absolute atomic E-state index is 13.5. The third kappa shape index (κ3) is 2.83. The molecule has 0 spiro atoms. The van der Waals surface area contributed by atoms with Crippen LogP contribution in [0.2, 0.25) is 0 Å². The molecule has 0 aliphatic heterocycles. The van der Waals surface area contributed by atoms with Gasteiger partial charge in [-0.25, -0.2) is 12.8 Å². The van der Waals surface area contributed by atoms with Crippen LogP contribution in [0.4, 0.5) is 10.1 Å². The molecule has 0 heterocycles. The van der Waals surface area contributed by atoms with E-state index in [0.717, 1.165) is 12.1 Å². The Labute approximate surface area is 115 Å². The number of hydrogen-bond donors (Lipinski definition) is 2. The third-order valence-electron chi connectivity index (χ3n) is 2.56. The van der Waals surface area contributed by atoms with Crippen LogP contribution in [0.1, 0.15) is 0 Å². The molecule has 5 nitrogen and oxygen atoms in total. The number of phenols is 1. The summed E-state index contributed by atoms with van der Waals surface area (Å²) in [5.41, 5.74) is 0.103. The minimum atomic E-state index is -4.06. The molecule has 2 aromatic carbocycles. The molecular weight excluding hydrogens is 285 g/mol. The Hall–Kier alpha value is -2.28. The van der Waals surface area contributed by atoms with Gasteiger partial charge in [0.25, 0.3) is 10.0 Å². The Morgan fingerprint density at radius 3 is 2.50 bits per heavy atom. The Morgan fingerprint density at radius 1 is 1.20 bits per heavy atom. The van der Waals surface area contributed by atoms with E-state index in [2.05, 4.69) is 4.72 Å². The Morgan fingerprint density at radius 2 is 1.90 bits per heavy atom. The van der Waals surface area contributed by atoms with Gasteiger partial charge in [0.2, 0.25) is 0 Å². The number of ether oxygens (including phenoxy) is 1. The molecule has 0 radical (unpaired) electrons. The molecule has 0 fully saturated rings. The van der Waals surface area contributed by atoms with Crippen molar-refractivity contribution in [3.63, 3.8) is 0 Å². The van der Waals surface area contributed by atoms with Gasteiger partial charge in [-0.1, -0.05) is 12.1 Å². The van der Waals surface area contributed by atoms with Crippen molar-refractivity contribution in [3.8, 4) is 11.5 Å². The van der Waals surface area contributed by atoms with Crippen LogP contribution >= 0.6 is 0 Å². The molecule has 106 valence electrons. The maximum atomic E-state index is 13.5. The van der Waals surface area contributed by atoms with E-state index in [9.17, 15) is 17.9 Å². The average Bonchev–Trinajstić information content (AvgIpc) is 2.38. The quantitative estimate of drug-likeness (QED) is 0.908. The highest BCUT2D eigenvalue weighted by Gasteiger charge is 2.19. The fourth-order valence-corrected chi connectivity index (χ4v) is 2.76. The van der Waals surface area contributed by atoms with E-state index in [-0.39, 0.29) is 17.2 Å². The van der Waals surface area contributed by atoms with Crippen molar-refractivity contribution >= 4 is 15.7 Å². The third-order valence-corrected chi connectivity index (χ3v) is 3.97. The van der Waals surface area contributed by atoms with Gasteiger partial charge in [-0.2, -0.15) is 0 Å². The molecule has 0 bridgehead atoms. The van der Waals surface area contributed by atoms with E-state index in [1.165, 1.54) is 37.4 Å². The van der Waals surface area contributed by atoms with Crippen LogP contribution in [-0.4, -0.2) is 20.6 Å². The second-order valence-electron chi connectivity index (χ2n) is 3.92. The van der Waals surface area contributed by atoms with Crippen molar-refractivity contribution in [1.29, 1.82) is 0 Å². The summed E-state index contributed by atoms with van der Waals surface area (Å²) in [5, 5.41) is 9.58. The van der Waals surface area contributed by atoms with Crippen molar-refractivity contribution in [2.24, 2.45) is 0 Å². The number of rotatable bonds is 4. The molecule has 7 heteroatoms. The summed E-state index contributed by atoms with van der Waals surface area (Å²) in [6.45, 7) is 0. The maximum Gasteiger partial charge on any atom is 0.264 e. The van der Waals surface area contributed by atoms with Crippen molar-refractivity contribution in [1.82, 2.24) is 0 Å². The fraction of sp³-hybridized carbons (Fsp3) is 0.0769. The summed E-state index contributed by atoms with van der Waals surface area (Å²) in [6.07, 6.45) is 0. The first-order chi connectivity index (χ1) is 9.44. The average molecular weight is 297 g/mol. The summed E-state index contributed by atoms with van der Waals surface area (Å²) < 4.78 is 44.6. The monoisotopic (exact) mass is 297 g/mol. The number of halogens is 1. The molecular formula is C13H12FNO4S. The van der Waals surface area contributed by atoms with Gasteiger partial charge in [-0.05, 0) is 24.3 Å². The number of sulfonamides is 1. The van der Waals surface area contributed by atoms with Gasteiger partial charge in [0.1, 0.15) is 10.7 Å². The van der Waals surface area contributed by atoms with Gasteiger partial charge < -0.3 is 9.84 Å². The number of hydrogen-bond acceptors (Lipinski definition) is 4. The van der Waals surface area contributed by atoms with E-state index >= 15 is 0 Å². The standard InChI is InChI=1S/C13H12FNO4S/c1-19-12-7-6-9(8-11(12)16)15-20(17,18)13-5-3-2-4-10(13)14/h2-8,15-16H,1H3. The Bertz CT molecular complexity index is 731. The predicted molar refractivity (Wildman–Crippen MR) is 71.9 cm³/mol. The molecule has 0 saturated heterocycles. The van der Waals surface area contributed by atoms with Crippen LogP contribution in [0.5, 0.6) is 11.5 Å². The number of anilines is 1. The van der Waals surface area contributed by atoms with Crippen LogP contribution in [-0.2, 0) is 10.0 Å². The predicted octanol–water partition coefficient (Wildman–Crippen LogP) is 2.34. The van der Waals surface area contributed by atoms with Gasteiger partial charge in [-0.3, -0.25) is 4.72 Å². The van der Waals surface area contributed by atoms with E-state index in [1.54, 1.807) is 0 Å². The molecule has 0 atom stereocenters. The summed E-state index contributed by atoms with van der Waals surface area (Å²) in [7, 11) is -2.68. The van der Waals surface area contributed by atoms with Crippen LogP contribution in [0.25, 0.3) is 0 Å². The molecule has 0 aliphatic rings. The van der Waals surface area contributed by atoms with Crippen molar-refractivity contribution in [2.45, 2.75) is 4.90 Å². The summed E-state index contributed by atoms with van der Waals surface area (Å²) >= 11 is 0. The Balaban J connectivity index is 2.34. The molecule has 2 rings (SSSR count). The molecule has 0 amide bonds. The zero-order chi connectivity index (χ0) is 14.8. The van der Waals surface area contributed by atoms with Gasteiger partial charge in [-0.15, -0.1) is 0 Å². The van der Waals surface area contributed by atoms with Crippen LogP contribution in [0.3, 0.4) is 0 Å². The van der Waals surface area contributed by atoms with Gasteiger partial charge in [0.15, 0.2) is 11.5 Å². The smallest absolute Gasteiger partial charge is 0.264 e. The van der Waals surface area contributed by atoms with E-state index in [4.69, 9.17) is 4.74 Å². The van der Waals surface area contributed by atoms with Crippen molar-refractivity contribution in [3.05, 3.63) is 48.3 Å². The van der Waals surface area contributed by atoms with Crippen LogP contribution in [0.15, 0.2) is 47.4 Å². The number of benzene rings is 2. The minimum absolute atomic E-state index is 0.103. The molecule has 0 aliphatic carbocycles. The zero-order valence-electron chi connectivity index (χ0n) is 10.5. The second kappa shape index (κ2) is 5.38. The van der Waals surface area contributed by atoms with Crippen molar-refractivity contribution in [2.75, 3.05) is 11.8 Å². The molecule has 0 saturated carbocycles. The number of aromatic hydroxyl groups is 1. The Kier molecular flexibility index (Phi) is 3.80. The first-order valence-electron chi connectivity index (χ1n) is 5.58. The van der Waals surface area contributed by atoms with Gasteiger partial charge in [0, 0.05) is 6.07 Å². The largest absolute Gasteiger partial charge is 0.504 e. The van der Waals surface area contributed by atoms with Gasteiger partial charge in [0.05, 0.1) is 12.8 Å². The lowest BCUT2D eigenvalue weighted by molar-refractivity contribution is 0.373. The first-order valence-corrected chi connectivity index (χ1v) is 7.07. The summed E-state index contributed by atoms with van der Waals surface area (Å²) in [4.78, 5) is -0.463. The second-order valence-corrected chi connectivity index (χ2v) is 5.57. The number of phenolic OH excluding ortho intramolecular Hbond substituents is 1. The number of nitrogens with one attached hydrogen (secondary N) is 1. The molecule has 0 aromatic heterocycles. The first kappa shape index (κ1) is 14.1. The molecule has 2 aromatic rings. The highest BCUT2D eigenvalue weighted by atomic mass is 32.2. The normalized spacial score (nSPS) is 11.1. The fourth-order valence-electron chi connectivity index (χ4n) is 1.63. The summed E-state index contributed by atoms with van der Waals surface area (Å²) in [5.74, 6) is -0.863. The van der Waals surface area contributed by atoms with E-state index < -0.39 is 20.7 Å². The molecule has 20 heavy (non-hydrogen) atoms. The van der Waals surface area contributed by atoms with E-state index in [1.807, 2.05) is 0 Å². The highest BCUT2D eigenvalue weighted by molar-refractivity contribution is 7.92. The molecule has 0 unspecified atom stereocenters. The minimum Gasteiger partial charge on any atom is -0.504 e. The SMILES string of the molecule is COc1ccc(NS(=O)(=O)c2ccccc2F)cc1O. The molecule has 2 N–H and O–H groups in total. The lowest BCUT2D eigenvalue weighted by atomic mass is 10.3. The topological polar surface area (TPSA) is 75.6 Å². The zero-order valence-corrected chi connectivity index (χ0v) is 11.3. The van der Waals surface area contributed by atoms with Crippen LogP contribution in [0, 0.1) is 5.82 Å². The van der Waals surface area contributed by atoms with Crippen LogP contribution < -0.4 is 9.46 Å².